The molecule has 1 fully saturated rings. The van der Waals surface area contributed by atoms with E-state index in [2.05, 4.69) is 11.0 Å². The van der Waals surface area contributed by atoms with Crippen molar-refractivity contribution in [2.24, 2.45) is 0 Å². The smallest absolute Gasteiger partial charge is 0.253 e. The Morgan fingerprint density at radius 2 is 2.26 bits per heavy atom. The number of hydrogen-bond donors (Lipinski definition) is 0. The van der Waals surface area contributed by atoms with Crippen molar-refractivity contribution in [2.45, 2.75) is 19.1 Å². The van der Waals surface area contributed by atoms with Crippen LogP contribution in [0.5, 0.6) is 0 Å². The Hall–Kier alpha value is -1.39. The molecule has 0 N–H and O–H groups in total. The summed E-state index contributed by atoms with van der Waals surface area (Å²) >= 11 is 0. The van der Waals surface area contributed by atoms with Crippen LogP contribution in [0.15, 0.2) is 24.3 Å². The third-order valence-electron chi connectivity index (χ3n) is 3.44. The van der Waals surface area contributed by atoms with Crippen LogP contribution in [0, 0.1) is 0 Å². The Morgan fingerprint density at radius 1 is 1.47 bits per heavy atom. The first kappa shape index (κ1) is 14.0. The lowest BCUT2D eigenvalue weighted by molar-refractivity contribution is 0.0724. The van der Waals surface area contributed by atoms with Gasteiger partial charge in [0.2, 0.25) is 0 Å². The molecular weight excluding hydrogens is 240 g/mol. The van der Waals surface area contributed by atoms with Crippen molar-refractivity contribution in [3.8, 4) is 0 Å². The highest BCUT2D eigenvalue weighted by atomic mass is 16.5. The summed E-state index contributed by atoms with van der Waals surface area (Å²) in [6.45, 7) is 2.34. The number of hydrogen-bond acceptors (Lipinski definition) is 3. The van der Waals surface area contributed by atoms with E-state index in [1.54, 1.807) is 7.11 Å². The lowest BCUT2D eigenvalue weighted by atomic mass is 10.1. The predicted molar refractivity (Wildman–Crippen MR) is 75.2 cm³/mol. The number of amides is 1. The SMILES string of the molecule is CO[C@@H]1CCN(C(=O)c2cccc(CN(C)C)c2)C1. The van der Waals surface area contributed by atoms with Crippen molar-refractivity contribution >= 4 is 5.91 Å². The highest BCUT2D eigenvalue weighted by Gasteiger charge is 2.26. The lowest BCUT2D eigenvalue weighted by Gasteiger charge is -2.17. The van der Waals surface area contributed by atoms with Crippen LogP contribution in [0.4, 0.5) is 0 Å². The van der Waals surface area contributed by atoms with Crippen LogP contribution >= 0.6 is 0 Å². The van der Waals surface area contributed by atoms with E-state index < -0.39 is 0 Å². The van der Waals surface area contributed by atoms with Gasteiger partial charge in [-0.25, -0.2) is 0 Å². The maximum Gasteiger partial charge on any atom is 0.253 e. The lowest BCUT2D eigenvalue weighted by Crippen LogP contribution is -2.30. The third-order valence-corrected chi connectivity index (χ3v) is 3.44. The monoisotopic (exact) mass is 262 g/mol. The van der Waals surface area contributed by atoms with Gasteiger partial charge in [0, 0.05) is 32.3 Å². The van der Waals surface area contributed by atoms with E-state index >= 15 is 0 Å². The first-order chi connectivity index (χ1) is 9.10. The Bertz CT molecular complexity index is 446. The fraction of sp³-hybridized carbons (Fsp3) is 0.533. The second-order valence-electron chi connectivity index (χ2n) is 5.34. The zero-order valence-corrected chi connectivity index (χ0v) is 11.9. The van der Waals surface area contributed by atoms with Crippen LogP contribution in [-0.4, -0.2) is 56.1 Å². The van der Waals surface area contributed by atoms with Gasteiger partial charge in [0.15, 0.2) is 0 Å². The molecule has 0 radical (unpaired) electrons. The number of carbonyl (C=O) groups is 1. The van der Waals surface area contributed by atoms with Crippen LogP contribution in [0.2, 0.25) is 0 Å². The summed E-state index contributed by atoms with van der Waals surface area (Å²) in [6.07, 6.45) is 1.12. The van der Waals surface area contributed by atoms with Gasteiger partial charge < -0.3 is 14.5 Å². The summed E-state index contributed by atoms with van der Waals surface area (Å²) in [6, 6.07) is 7.89. The van der Waals surface area contributed by atoms with Crippen molar-refractivity contribution in [3.05, 3.63) is 35.4 Å². The average molecular weight is 262 g/mol. The number of benzene rings is 1. The Morgan fingerprint density at radius 3 is 2.89 bits per heavy atom. The molecule has 1 heterocycles. The molecule has 1 aliphatic rings. The van der Waals surface area contributed by atoms with E-state index in [4.69, 9.17) is 4.74 Å². The third kappa shape index (κ3) is 3.55. The van der Waals surface area contributed by atoms with Gasteiger partial charge in [-0.05, 0) is 38.2 Å². The summed E-state index contributed by atoms with van der Waals surface area (Å²) in [5.41, 5.74) is 1.94. The Balaban J connectivity index is 2.07. The molecule has 4 heteroatoms. The predicted octanol–water partition coefficient (Wildman–Crippen LogP) is 1.61. The standard InChI is InChI=1S/C15H22N2O2/c1-16(2)10-12-5-4-6-13(9-12)15(18)17-8-7-14(11-17)19-3/h4-6,9,14H,7-8,10-11H2,1-3H3/t14-/m1/s1. The highest BCUT2D eigenvalue weighted by Crippen LogP contribution is 2.16. The van der Waals surface area contributed by atoms with Gasteiger partial charge in [0.25, 0.3) is 5.91 Å². The second kappa shape index (κ2) is 6.17. The molecule has 0 saturated carbocycles. The van der Waals surface area contributed by atoms with Crippen LogP contribution in [0.3, 0.4) is 0 Å². The Kier molecular flexibility index (Phi) is 4.56. The van der Waals surface area contributed by atoms with Gasteiger partial charge in [0.05, 0.1) is 6.10 Å². The summed E-state index contributed by atoms with van der Waals surface area (Å²) in [7, 11) is 5.76. The maximum atomic E-state index is 12.4. The number of rotatable bonds is 4. The molecular formula is C15H22N2O2. The largest absolute Gasteiger partial charge is 0.380 e. The number of ether oxygens (including phenoxy) is 1. The molecule has 1 saturated heterocycles. The second-order valence-corrected chi connectivity index (χ2v) is 5.34. The molecule has 2 rings (SSSR count). The zero-order valence-electron chi connectivity index (χ0n) is 11.9. The van der Waals surface area contributed by atoms with Crippen molar-refractivity contribution < 1.29 is 9.53 Å². The fourth-order valence-electron chi connectivity index (χ4n) is 2.46. The van der Waals surface area contributed by atoms with E-state index in [1.807, 2.05) is 37.2 Å². The molecule has 4 nitrogen and oxygen atoms in total. The van der Waals surface area contributed by atoms with E-state index in [0.717, 1.165) is 25.1 Å². The van der Waals surface area contributed by atoms with Gasteiger partial charge >= 0.3 is 0 Å². The summed E-state index contributed by atoms with van der Waals surface area (Å²) in [5.74, 6) is 0.111. The topological polar surface area (TPSA) is 32.8 Å². The van der Waals surface area contributed by atoms with Gasteiger partial charge in [-0.3, -0.25) is 4.79 Å². The number of nitrogens with zero attached hydrogens (tertiary/aromatic N) is 2. The van der Waals surface area contributed by atoms with Crippen LogP contribution in [0.1, 0.15) is 22.3 Å². The van der Waals surface area contributed by atoms with Crippen molar-refractivity contribution in [3.63, 3.8) is 0 Å². The van der Waals surface area contributed by atoms with Gasteiger partial charge in [0.1, 0.15) is 0 Å². The molecule has 0 aliphatic carbocycles. The van der Waals surface area contributed by atoms with Crippen molar-refractivity contribution in [1.29, 1.82) is 0 Å². The van der Waals surface area contributed by atoms with Crippen LogP contribution in [-0.2, 0) is 11.3 Å². The first-order valence-corrected chi connectivity index (χ1v) is 6.66. The molecule has 0 spiro atoms. The van der Waals surface area contributed by atoms with Gasteiger partial charge in [-0.15, -0.1) is 0 Å². The highest BCUT2D eigenvalue weighted by molar-refractivity contribution is 5.94. The van der Waals surface area contributed by atoms with Gasteiger partial charge in [-0.2, -0.15) is 0 Å². The quantitative estimate of drug-likeness (QED) is 0.826. The van der Waals surface area contributed by atoms with E-state index in [-0.39, 0.29) is 12.0 Å². The van der Waals surface area contributed by atoms with E-state index in [1.165, 1.54) is 5.56 Å². The molecule has 1 aliphatic heterocycles. The minimum Gasteiger partial charge on any atom is -0.380 e. The minimum absolute atomic E-state index is 0.111. The summed E-state index contributed by atoms with van der Waals surface area (Å²) in [5, 5.41) is 0. The maximum absolute atomic E-state index is 12.4. The molecule has 0 aromatic heterocycles. The van der Waals surface area contributed by atoms with Crippen LogP contribution < -0.4 is 0 Å². The molecule has 1 aromatic carbocycles. The fourth-order valence-corrected chi connectivity index (χ4v) is 2.46. The number of likely N-dealkylation sites (tertiary alicyclic amines) is 1. The number of carbonyl (C=O) groups excluding carboxylic acids is 1. The summed E-state index contributed by atoms with van der Waals surface area (Å²) < 4.78 is 5.30. The van der Waals surface area contributed by atoms with E-state index in [0.29, 0.717) is 6.54 Å². The first-order valence-electron chi connectivity index (χ1n) is 6.66. The van der Waals surface area contributed by atoms with Gasteiger partial charge in [-0.1, -0.05) is 12.1 Å². The molecule has 1 atom stereocenters. The molecule has 1 amide bonds. The molecule has 0 bridgehead atoms. The van der Waals surface area contributed by atoms with Crippen LogP contribution in [0.25, 0.3) is 0 Å². The van der Waals surface area contributed by atoms with E-state index in [9.17, 15) is 4.79 Å². The van der Waals surface area contributed by atoms with Crippen molar-refractivity contribution in [2.75, 3.05) is 34.3 Å². The normalized spacial score (nSPS) is 19.2. The molecule has 19 heavy (non-hydrogen) atoms. The molecule has 104 valence electrons. The zero-order chi connectivity index (χ0) is 13.8. The minimum atomic E-state index is 0.111. The number of methoxy groups -OCH3 is 1. The molecule has 0 unspecified atom stereocenters. The molecule has 1 aromatic rings. The Labute approximate surface area is 115 Å². The van der Waals surface area contributed by atoms with Crippen molar-refractivity contribution in [1.82, 2.24) is 9.80 Å². The summed E-state index contributed by atoms with van der Waals surface area (Å²) in [4.78, 5) is 16.4. The average Bonchev–Trinajstić information content (AvgIpc) is 2.86.